The summed E-state index contributed by atoms with van der Waals surface area (Å²) in [6, 6.07) is 12.3. The lowest BCUT2D eigenvalue weighted by atomic mass is 9.99. The maximum Gasteiger partial charge on any atom is 0.289 e. The molecule has 1 aromatic carbocycles. The molecule has 1 amide bonds. The molecule has 0 radical (unpaired) electrons. The number of rotatable bonds is 6. The molecule has 0 bridgehead atoms. The normalized spacial score (nSPS) is 17.9. The van der Waals surface area contributed by atoms with Crippen molar-refractivity contribution in [2.45, 2.75) is 44.2 Å². The fraction of sp³-hybridized carbons (Fsp3) is 0.476. The second kappa shape index (κ2) is 8.59. The molecule has 1 aromatic heterocycles. The highest BCUT2D eigenvalue weighted by Crippen LogP contribution is 2.22. The molecule has 1 aliphatic rings. The van der Waals surface area contributed by atoms with E-state index in [4.69, 9.17) is 9.15 Å². The minimum atomic E-state index is -3.82. The Balaban J connectivity index is 1.62. The average molecular weight is 421 g/mol. The van der Waals surface area contributed by atoms with Crippen molar-refractivity contribution < 1.29 is 22.4 Å². The van der Waals surface area contributed by atoms with Gasteiger partial charge in [-0.1, -0.05) is 18.2 Å². The van der Waals surface area contributed by atoms with Gasteiger partial charge < -0.3 is 14.1 Å². The SMILES string of the molecule is CC(C)(C)NS(=O)(=O)c1ccc(C(=O)N2CCCC(COc3ccccc3)C2)o1. The Kier molecular flexibility index (Phi) is 6.33. The molecule has 1 N–H and O–H groups in total. The topological polar surface area (TPSA) is 88.9 Å². The number of likely N-dealkylation sites (tertiary alicyclic amines) is 1. The molecule has 1 unspecified atom stereocenters. The number of piperidine rings is 1. The number of furan rings is 1. The number of hydrogen-bond acceptors (Lipinski definition) is 5. The van der Waals surface area contributed by atoms with Gasteiger partial charge in [0.05, 0.1) is 6.61 Å². The quantitative estimate of drug-likeness (QED) is 0.775. The number of carbonyl (C=O) groups is 1. The van der Waals surface area contributed by atoms with Crippen LogP contribution in [0.3, 0.4) is 0 Å². The van der Waals surface area contributed by atoms with Gasteiger partial charge in [0.15, 0.2) is 5.76 Å². The lowest BCUT2D eigenvalue weighted by molar-refractivity contribution is 0.0597. The Morgan fingerprint density at radius 1 is 1.21 bits per heavy atom. The van der Waals surface area contributed by atoms with Crippen LogP contribution in [-0.4, -0.2) is 44.5 Å². The Hall–Kier alpha value is -2.32. The number of sulfonamides is 1. The maximum atomic E-state index is 12.8. The van der Waals surface area contributed by atoms with Crippen molar-refractivity contribution in [1.29, 1.82) is 0 Å². The minimum Gasteiger partial charge on any atom is -0.493 e. The van der Waals surface area contributed by atoms with E-state index >= 15 is 0 Å². The van der Waals surface area contributed by atoms with Crippen LogP contribution in [0.2, 0.25) is 0 Å². The molecule has 8 heteroatoms. The van der Waals surface area contributed by atoms with Crippen LogP contribution in [0.1, 0.15) is 44.2 Å². The predicted octanol–water partition coefficient (Wildman–Crippen LogP) is 3.29. The maximum absolute atomic E-state index is 12.8. The molecule has 1 atom stereocenters. The van der Waals surface area contributed by atoms with E-state index in [-0.39, 0.29) is 22.7 Å². The summed E-state index contributed by atoms with van der Waals surface area (Å²) in [7, 11) is -3.82. The number of nitrogens with one attached hydrogen (secondary N) is 1. The van der Waals surface area contributed by atoms with Crippen molar-refractivity contribution in [3.8, 4) is 5.75 Å². The second-order valence-electron chi connectivity index (χ2n) is 8.36. The number of benzene rings is 1. The zero-order valence-corrected chi connectivity index (χ0v) is 17.9. The Morgan fingerprint density at radius 2 is 1.93 bits per heavy atom. The molecule has 3 rings (SSSR count). The van der Waals surface area contributed by atoms with Gasteiger partial charge in [0.2, 0.25) is 5.09 Å². The molecule has 0 spiro atoms. The summed E-state index contributed by atoms with van der Waals surface area (Å²) < 4.78 is 38.5. The van der Waals surface area contributed by atoms with Crippen molar-refractivity contribution in [3.05, 3.63) is 48.2 Å². The van der Waals surface area contributed by atoms with E-state index in [2.05, 4.69) is 4.72 Å². The zero-order valence-electron chi connectivity index (χ0n) is 17.1. The molecule has 1 saturated heterocycles. The summed E-state index contributed by atoms with van der Waals surface area (Å²) in [5.41, 5.74) is -0.644. The van der Waals surface area contributed by atoms with Crippen molar-refractivity contribution in [3.63, 3.8) is 0 Å². The van der Waals surface area contributed by atoms with Crippen LogP contribution in [0.4, 0.5) is 0 Å². The fourth-order valence-corrected chi connectivity index (χ4v) is 4.66. The largest absolute Gasteiger partial charge is 0.493 e. The summed E-state index contributed by atoms with van der Waals surface area (Å²) in [6.45, 7) is 6.92. The van der Waals surface area contributed by atoms with E-state index in [1.54, 1.807) is 25.7 Å². The number of ether oxygens (including phenoxy) is 1. The Labute approximate surface area is 172 Å². The van der Waals surface area contributed by atoms with Gasteiger partial charge in [-0.3, -0.25) is 4.79 Å². The monoisotopic (exact) mass is 420 g/mol. The van der Waals surface area contributed by atoms with Gasteiger partial charge in [-0.2, -0.15) is 0 Å². The lowest BCUT2D eigenvalue weighted by Gasteiger charge is -2.32. The number of hydrogen-bond donors (Lipinski definition) is 1. The van der Waals surface area contributed by atoms with E-state index in [1.165, 1.54) is 12.1 Å². The number of amides is 1. The fourth-order valence-electron chi connectivity index (χ4n) is 3.31. The van der Waals surface area contributed by atoms with E-state index in [0.29, 0.717) is 19.7 Å². The van der Waals surface area contributed by atoms with E-state index < -0.39 is 15.6 Å². The molecule has 0 saturated carbocycles. The second-order valence-corrected chi connectivity index (χ2v) is 9.97. The van der Waals surface area contributed by atoms with Crippen LogP contribution in [0.25, 0.3) is 0 Å². The minimum absolute atomic E-state index is 0.0314. The van der Waals surface area contributed by atoms with Crippen molar-refractivity contribution in [1.82, 2.24) is 9.62 Å². The molecule has 158 valence electrons. The summed E-state index contributed by atoms with van der Waals surface area (Å²) in [5.74, 6) is 0.757. The van der Waals surface area contributed by atoms with Crippen LogP contribution in [-0.2, 0) is 10.0 Å². The number of para-hydroxylation sites is 1. The molecule has 1 aliphatic heterocycles. The van der Waals surface area contributed by atoms with Gasteiger partial charge >= 0.3 is 0 Å². The molecule has 29 heavy (non-hydrogen) atoms. The van der Waals surface area contributed by atoms with Crippen LogP contribution >= 0.6 is 0 Å². The first-order valence-corrected chi connectivity index (χ1v) is 11.2. The van der Waals surface area contributed by atoms with Crippen LogP contribution in [0.15, 0.2) is 52.0 Å². The van der Waals surface area contributed by atoms with E-state index in [1.807, 2.05) is 30.3 Å². The van der Waals surface area contributed by atoms with Crippen molar-refractivity contribution in [2.75, 3.05) is 19.7 Å². The molecule has 0 aliphatic carbocycles. The van der Waals surface area contributed by atoms with Crippen LogP contribution in [0, 0.1) is 5.92 Å². The smallest absolute Gasteiger partial charge is 0.289 e. The molecule has 1 fully saturated rings. The van der Waals surface area contributed by atoms with Crippen LogP contribution < -0.4 is 9.46 Å². The van der Waals surface area contributed by atoms with Gasteiger partial charge in [0, 0.05) is 24.5 Å². The Bertz CT molecular complexity index is 931. The summed E-state index contributed by atoms with van der Waals surface area (Å²) in [4.78, 5) is 14.5. The van der Waals surface area contributed by atoms with Gasteiger partial charge in [-0.15, -0.1) is 0 Å². The molecule has 7 nitrogen and oxygen atoms in total. The third-order valence-electron chi connectivity index (χ3n) is 4.53. The predicted molar refractivity (Wildman–Crippen MR) is 109 cm³/mol. The highest BCUT2D eigenvalue weighted by atomic mass is 32.2. The van der Waals surface area contributed by atoms with Gasteiger partial charge in [0.1, 0.15) is 5.75 Å². The zero-order chi connectivity index (χ0) is 21.1. The van der Waals surface area contributed by atoms with Crippen molar-refractivity contribution >= 4 is 15.9 Å². The number of nitrogens with zero attached hydrogens (tertiary/aromatic N) is 1. The van der Waals surface area contributed by atoms with Gasteiger partial charge in [0.25, 0.3) is 15.9 Å². The van der Waals surface area contributed by atoms with Crippen LogP contribution in [0.5, 0.6) is 5.75 Å². The summed E-state index contributed by atoms with van der Waals surface area (Å²) in [6.07, 6.45) is 1.84. The summed E-state index contributed by atoms with van der Waals surface area (Å²) in [5, 5.41) is -0.253. The molecular weight excluding hydrogens is 392 g/mol. The van der Waals surface area contributed by atoms with E-state index in [0.717, 1.165) is 18.6 Å². The molecular formula is C21H28N2O5S. The first-order chi connectivity index (χ1) is 13.6. The lowest BCUT2D eigenvalue weighted by Crippen LogP contribution is -2.41. The molecule has 2 aromatic rings. The first kappa shape index (κ1) is 21.4. The highest BCUT2D eigenvalue weighted by Gasteiger charge is 2.29. The molecule has 2 heterocycles. The number of carbonyl (C=O) groups excluding carboxylic acids is 1. The summed E-state index contributed by atoms with van der Waals surface area (Å²) >= 11 is 0. The standard InChI is InChI=1S/C21H28N2O5S/c1-21(2,3)22-29(25,26)19-12-11-18(28-19)20(24)23-13-7-8-16(14-23)15-27-17-9-5-4-6-10-17/h4-6,9-12,16,22H,7-8,13-15H2,1-3H3. The van der Waals surface area contributed by atoms with Gasteiger partial charge in [-0.25, -0.2) is 13.1 Å². The first-order valence-electron chi connectivity index (χ1n) is 9.75. The average Bonchev–Trinajstić information content (AvgIpc) is 3.16. The third-order valence-corrected chi connectivity index (χ3v) is 6.16. The van der Waals surface area contributed by atoms with Crippen molar-refractivity contribution in [2.24, 2.45) is 5.92 Å². The Morgan fingerprint density at radius 3 is 2.62 bits per heavy atom. The van der Waals surface area contributed by atoms with Gasteiger partial charge in [-0.05, 0) is 57.9 Å². The van der Waals surface area contributed by atoms with E-state index in [9.17, 15) is 13.2 Å². The third kappa shape index (κ3) is 5.83. The highest BCUT2D eigenvalue weighted by molar-refractivity contribution is 7.89.